The van der Waals surface area contributed by atoms with Crippen molar-refractivity contribution in [3.63, 3.8) is 0 Å². The van der Waals surface area contributed by atoms with Gasteiger partial charge >= 0.3 is 18.6 Å². The van der Waals surface area contributed by atoms with Gasteiger partial charge < -0.3 is 24.8 Å². The summed E-state index contributed by atoms with van der Waals surface area (Å²) in [6.07, 6.45) is -10.3. The van der Waals surface area contributed by atoms with Crippen LogP contribution in [0.1, 0.15) is 54.9 Å². The van der Waals surface area contributed by atoms with E-state index in [2.05, 4.69) is 30.4 Å². The Bertz CT molecular complexity index is 1480. The summed E-state index contributed by atoms with van der Waals surface area (Å²) in [5.74, 6) is 0.349. The Morgan fingerprint density at radius 2 is 1.53 bits per heavy atom. The molecule has 18 heteroatoms. The first-order valence-electron chi connectivity index (χ1n) is 14.7. The molecule has 9 nitrogen and oxygen atoms in total. The first-order chi connectivity index (χ1) is 21.6. The zero-order valence-electron chi connectivity index (χ0n) is 25.0. The van der Waals surface area contributed by atoms with Crippen LogP contribution in [0.4, 0.5) is 46.8 Å². The number of anilines is 2. The third-order valence-electron chi connectivity index (χ3n) is 8.17. The summed E-state index contributed by atoms with van der Waals surface area (Å²) in [5, 5.41) is 24.2. The number of ether oxygens (including phenoxy) is 2. The highest BCUT2D eigenvalue weighted by Crippen LogP contribution is 2.45. The maximum Gasteiger partial charge on any atom is 0.586 e. The number of hydrogen-bond donors (Lipinski definition) is 2. The molecule has 1 fully saturated rings. The summed E-state index contributed by atoms with van der Waals surface area (Å²) in [5.41, 5.74) is -1.85. The van der Waals surface area contributed by atoms with Gasteiger partial charge in [-0.25, -0.2) is 0 Å². The van der Waals surface area contributed by atoms with Crippen LogP contribution in [0.3, 0.4) is 0 Å². The summed E-state index contributed by atoms with van der Waals surface area (Å²) in [6, 6.07) is 4.28. The second-order valence-corrected chi connectivity index (χ2v) is 11.4. The Hall–Kier alpha value is -3.60. The molecule has 2 N–H and O–H groups in total. The Labute approximate surface area is 270 Å². The van der Waals surface area contributed by atoms with Crippen LogP contribution in [0.5, 0.6) is 11.5 Å². The van der Waals surface area contributed by atoms with Gasteiger partial charge in [-0.05, 0) is 91.5 Å². The van der Waals surface area contributed by atoms with Gasteiger partial charge in [0.15, 0.2) is 11.5 Å². The molecule has 1 saturated carbocycles. The van der Waals surface area contributed by atoms with Gasteiger partial charge in [0.05, 0.1) is 17.7 Å². The number of nitrogens with zero attached hydrogens (tertiary/aromatic N) is 5. The monoisotopic (exact) mass is 700 g/mol. The second kappa shape index (κ2) is 14.3. The van der Waals surface area contributed by atoms with Crippen LogP contribution in [0.15, 0.2) is 30.3 Å². The molecule has 5 rings (SSSR count). The minimum absolute atomic E-state index is 0. The molecule has 0 saturated heterocycles. The number of halogens is 9. The smallest absolute Gasteiger partial charge is 0.396 e. The van der Waals surface area contributed by atoms with E-state index >= 15 is 0 Å². The molecule has 1 aliphatic carbocycles. The summed E-state index contributed by atoms with van der Waals surface area (Å²) in [7, 11) is 0. The standard InChI is InChI=1S/C29H32F8N6O3.ClH/c1-2-42(15-17-3-5-18(16-44)6-4-17)23-13-25-24(45-29(36,37)46-25)11-20(23)14-38-26-39-41-43(40-26)8-7-19-9-21(27(30,31)32)12-22(10-19)28(33,34)35;/h9-13,17-18,44H,2-8,14-16H2,1H3,(H,38,40);1H. The van der Waals surface area contributed by atoms with Crippen molar-refractivity contribution in [1.29, 1.82) is 0 Å². The molecular formula is C29H33ClF8N6O3. The average Bonchev–Trinajstić information content (AvgIpc) is 3.58. The predicted molar refractivity (Wildman–Crippen MR) is 156 cm³/mol. The van der Waals surface area contributed by atoms with Crippen LogP contribution in [0.2, 0.25) is 0 Å². The van der Waals surface area contributed by atoms with Crippen molar-refractivity contribution >= 4 is 24.0 Å². The van der Waals surface area contributed by atoms with E-state index in [0.29, 0.717) is 42.4 Å². The van der Waals surface area contributed by atoms with E-state index in [9.17, 15) is 40.2 Å². The molecule has 0 unspecified atom stereocenters. The molecule has 0 atom stereocenters. The van der Waals surface area contributed by atoms with Crippen molar-refractivity contribution in [3.8, 4) is 11.5 Å². The highest BCUT2D eigenvalue weighted by atomic mass is 35.5. The van der Waals surface area contributed by atoms with E-state index in [0.717, 1.165) is 30.5 Å². The fourth-order valence-electron chi connectivity index (χ4n) is 5.75. The predicted octanol–water partition coefficient (Wildman–Crippen LogP) is 6.93. The lowest BCUT2D eigenvalue weighted by Crippen LogP contribution is -2.32. The van der Waals surface area contributed by atoms with Crippen molar-refractivity contribution in [2.24, 2.45) is 11.8 Å². The average molecular weight is 701 g/mol. The summed E-state index contributed by atoms with van der Waals surface area (Å²) < 4.78 is 116. The second-order valence-electron chi connectivity index (χ2n) is 11.4. The van der Waals surface area contributed by atoms with Gasteiger partial charge in [-0.1, -0.05) is 5.10 Å². The minimum atomic E-state index is -4.96. The van der Waals surface area contributed by atoms with Gasteiger partial charge in [0, 0.05) is 38.0 Å². The number of rotatable bonds is 11. The molecule has 2 aromatic carbocycles. The van der Waals surface area contributed by atoms with Crippen LogP contribution >= 0.6 is 12.4 Å². The van der Waals surface area contributed by atoms with Gasteiger partial charge in [-0.3, -0.25) is 0 Å². The number of benzene rings is 2. The largest absolute Gasteiger partial charge is 0.586 e. The first-order valence-corrected chi connectivity index (χ1v) is 14.7. The fraction of sp³-hybridized carbons (Fsp3) is 0.552. The van der Waals surface area contributed by atoms with Crippen LogP contribution in [-0.2, 0) is 31.9 Å². The van der Waals surface area contributed by atoms with Crippen molar-refractivity contribution < 1.29 is 49.7 Å². The third kappa shape index (κ3) is 9.06. The number of alkyl halides is 8. The molecule has 0 spiro atoms. The highest BCUT2D eigenvalue weighted by Gasteiger charge is 2.44. The Morgan fingerprint density at radius 1 is 0.936 bits per heavy atom. The number of aryl methyl sites for hydroxylation is 2. The van der Waals surface area contributed by atoms with Crippen molar-refractivity contribution in [2.75, 3.05) is 29.9 Å². The lowest BCUT2D eigenvalue weighted by atomic mass is 9.82. The lowest BCUT2D eigenvalue weighted by molar-refractivity contribution is -0.286. The van der Waals surface area contributed by atoms with Crippen molar-refractivity contribution in [2.45, 2.75) is 70.8 Å². The zero-order chi connectivity index (χ0) is 33.3. The molecule has 1 aliphatic heterocycles. The Morgan fingerprint density at radius 3 is 2.11 bits per heavy atom. The number of tetrazole rings is 1. The molecule has 1 aromatic heterocycles. The van der Waals surface area contributed by atoms with Crippen LogP contribution in [-0.4, -0.2) is 51.3 Å². The van der Waals surface area contributed by atoms with Gasteiger partial charge in [0.25, 0.3) is 5.95 Å². The van der Waals surface area contributed by atoms with Gasteiger partial charge in [0.1, 0.15) is 0 Å². The van der Waals surface area contributed by atoms with E-state index in [4.69, 9.17) is 4.74 Å². The van der Waals surface area contributed by atoms with E-state index in [1.807, 2.05) is 6.92 Å². The number of aliphatic hydroxyl groups is 1. The quantitative estimate of drug-likeness (QED) is 0.208. The number of fused-ring (bicyclic) bond motifs is 1. The molecule has 260 valence electrons. The fourth-order valence-corrected chi connectivity index (χ4v) is 5.75. The summed E-state index contributed by atoms with van der Waals surface area (Å²) >= 11 is 0. The third-order valence-corrected chi connectivity index (χ3v) is 8.17. The lowest BCUT2D eigenvalue weighted by Gasteiger charge is -2.34. The van der Waals surface area contributed by atoms with Crippen LogP contribution in [0, 0.1) is 11.8 Å². The van der Waals surface area contributed by atoms with Crippen molar-refractivity contribution in [3.05, 3.63) is 52.6 Å². The minimum Gasteiger partial charge on any atom is -0.396 e. The van der Waals surface area contributed by atoms with Crippen LogP contribution in [0.25, 0.3) is 0 Å². The van der Waals surface area contributed by atoms with E-state index < -0.39 is 29.8 Å². The topological polar surface area (TPSA) is 97.6 Å². The SMILES string of the molecule is CCN(CC1CCC(CO)CC1)c1cc2c(cc1CNc1nnn(CCc3cc(C(F)(F)F)cc(C(F)(F)F)c3)n1)OC(F)(F)O2.Cl. The molecule has 2 heterocycles. The molecular weight excluding hydrogens is 668 g/mol. The molecule has 0 bridgehead atoms. The number of aliphatic hydroxyl groups excluding tert-OH is 1. The maximum atomic E-state index is 13.9. The summed E-state index contributed by atoms with van der Waals surface area (Å²) in [6.45, 7) is 3.17. The van der Waals surface area contributed by atoms with Crippen molar-refractivity contribution in [1.82, 2.24) is 20.2 Å². The van der Waals surface area contributed by atoms with E-state index in [1.165, 1.54) is 12.1 Å². The molecule has 2 aliphatic rings. The highest BCUT2D eigenvalue weighted by molar-refractivity contribution is 5.85. The Kier molecular flexibility index (Phi) is 11.0. The zero-order valence-corrected chi connectivity index (χ0v) is 25.9. The molecule has 0 amide bonds. The van der Waals surface area contributed by atoms with Crippen LogP contribution < -0.4 is 19.7 Å². The van der Waals surface area contributed by atoms with Gasteiger partial charge in [-0.2, -0.15) is 31.1 Å². The number of aromatic nitrogens is 4. The normalized spacial score (nSPS) is 18.9. The van der Waals surface area contributed by atoms with E-state index in [1.54, 1.807) is 0 Å². The Balaban J connectivity index is 0.00000500. The number of nitrogens with one attached hydrogen (secondary N) is 1. The van der Waals surface area contributed by atoms with E-state index in [-0.39, 0.29) is 73.5 Å². The molecule has 0 radical (unpaired) electrons. The van der Waals surface area contributed by atoms with Gasteiger partial charge in [0.2, 0.25) is 0 Å². The number of hydrogen-bond acceptors (Lipinski definition) is 8. The maximum absolute atomic E-state index is 13.9. The molecule has 47 heavy (non-hydrogen) atoms. The summed E-state index contributed by atoms with van der Waals surface area (Å²) in [4.78, 5) is 3.08. The first kappa shape index (κ1) is 36.2. The molecule has 3 aromatic rings. The van der Waals surface area contributed by atoms with Gasteiger partial charge in [-0.15, -0.1) is 26.3 Å².